The van der Waals surface area contributed by atoms with Gasteiger partial charge in [0.2, 0.25) is 0 Å². The van der Waals surface area contributed by atoms with Gasteiger partial charge in [-0.05, 0) is 42.0 Å². The fourth-order valence-electron chi connectivity index (χ4n) is 3.08. The van der Waals surface area contributed by atoms with Crippen molar-refractivity contribution in [1.82, 2.24) is 5.43 Å². The number of ether oxygens (including phenoxy) is 3. The van der Waals surface area contributed by atoms with Crippen LogP contribution in [0.5, 0.6) is 17.2 Å². The number of rotatable bonds is 10. The van der Waals surface area contributed by atoms with E-state index < -0.39 is 22.5 Å². The Morgan fingerprint density at radius 1 is 0.912 bits per heavy atom. The Bertz CT molecular complexity index is 1260. The normalized spacial score (nSPS) is 11.1. The van der Waals surface area contributed by atoms with Gasteiger partial charge in [0.05, 0.1) is 38.1 Å². The molecule has 34 heavy (non-hydrogen) atoms. The Kier molecular flexibility index (Phi) is 8.10. The predicted molar refractivity (Wildman–Crippen MR) is 129 cm³/mol. The van der Waals surface area contributed by atoms with Crippen molar-refractivity contribution in [2.24, 2.45) is 5.10 Å². The topological polar surface area (TPSA) is 107 Å². The Morgan fingerprint density at radius 2 is 1.62 bits per heavy atom. The highest BCUT2D eigenvalue weighted by atomic mass is 32.2. The minimum Gasteiger partial charge on any atom is -0.497 e. The molecule has 0 aliphatic heterocycles. The van der Waals surface area contributed by atoms with Crippen LogP contribution in [0.1, 0.15) is 5.56 Å². The zero-order valence-electron chi connectivity index (χ0n) is 19.0. The average molecular weight is 484 g/mol. The van der Waals surface area contributed by atoms with Crippen molar-refractivity contribution in [3.8, 4) is 17.2 Å². The van der Waals surface area contributed by atoms with Crippen LogP contribution >= 0.6 is 0 Å². The third-order valence-corrected chi connectivity index (χ3v) is 6.54. The molecular weight excluding hydrogens is 458 g/mol. The van der Waals surface area contributed by atoms with Crippen molar-refractivity contribution in [3.05, 3.63) is 78.4 Å². The summed E-state index contributed by atoms with van der Waals surface area (Å²) in [5.74, 6) is 0.704. The molecule has 3 rings (SSSR count). The molecule has 0 aliphatic rings. The lowest BCUT2D eigenvalue weighted by atomic mass is 10.2. The fraction of sp³-hybridized carbons (Fsp3) is 0.167. The number of carbonyl (C=O) groups excluding carboxylic acids is 1. The van der Waals surface area contributed by atoms with Crippen molar-refractivity contribution < 1.29 is 27.4 Å². The van der Waals surface area contributed by atoms with Crippen molar-refractivity contribution >= 4 is 27.8 Å². The summed E-state index contributed by atoms with van der Waals surface area (Å²) in [5.41, 5.74) is 3.25. The van der Waals surface area contributed by atoms with Crippen LogP contribution < -0.4 is 23.9 Å². The van der Waals surface area contributed by atoms with Gasteiger partial charge in [0.1, 0.15) is 23.8 Å². The second kappa shape index (κ2) is 11.2. The van der Waals surface area contributed by atoms with Gasteiger partial charge in [-0.3, -0.25) is 9.10 Å². The van der Waals surface area contributed by atoms with Crippen molar-refractivity contribution in [2.45, 2.75) is 4.90 Å². The molecule has 0 unspecified atom stereocenters. The molecule has 0 aliphatic carbocycles. The van der Waals surface area contributed by atoms with Crippen LogP contribution in [0.3, 0.4) is 0 Å². The predicted octanol–water partition coefficient (Wildman–Crippen LogP) is 3.06. The summed E-state index contributed by atoms with van der Waals surface area (Å²) in [6.07, 6.45) is 1.43. The van der Waals surface area contributed by atoms with E-state index in [2.05, 4.69) is 10.5 Å². The van der Waals surface area contributed by atoms with Crippen LogP contribution in [0, 0.1) is 0 Å². The summed E-state index contributed by atoms with van der Waals surface area (Å²) in [7, 11) is 0.338. The van der Waals surface area contributed by atoms with Gasteiger partial charge in [-0.2, -0.15) is 5.10 Å². The van der Waals surface area contributed by atoms with E-state index in [1.165, 1.54) is 38.6 Å². The quantitative estimate of drug-likeness (QED) is 0.351. The first-order valence-corrected chi connectivity index (χ1v) is 11.6. The van der Waals surface area contributed by atoms with Crippen LogP contribution in [0.2, 0.25) is 0 Å². The lowest BCUT2D eigenvalue weighted by molar-refractivity contribution is -0.119. The lowest BCUT2D eigenvalue weighted by Crippen LogP contribution is -2.39. The number of hydrogen-bond donors (Lipinski definition) is 1. The molecule has 0 spiro atoms. The van der Waals surface area contributed by atoms with Gasteiger partial charge in [-0.15, -0.1) is 0 Å². The molecular formula is C24H25N3O6S. The third kappa shape index (κ3) is 5.84. The minimum absolute atomic E-state index is 0.0283. The molecule has 0 radical (unpaired) electrons. The molecule has 0 bridgehead atoms. The number of anilines is 1. The Labute approximate surface area is 198 Å². The summed E-state index contributed by atoms with van der Waals surface area (Å²) in [4.78, 5) is 12.7. The van der Waals surface area contributed by atoms with Crippen LogP contribution in [0.4, 0.5) is 5.69 Å². The number of nitrogens with one attached hydrogen (secondary N) is 1. The summed E-state index contributed by atoms with van der Waals surface area (Å²) in [6.45, 7) is -0.532. The molecule has 10 heteroatoms. The number of carbonyl (C=O) groups is 1. The van der Waals surface area contributed by atoms with E-state index in [-0.39, 0.29) is 16.3 Å². The zero-order valence-corrected chi connectivity index (χ0v) is 19.8. The van der Waals surface area contributed by atoms with E-state index in [1.807, 2.05) is 0 Å². The Balaban J connectivity index is 1.90. The number of hydrogen-bond acceptors (Lipinski definition) is 7. The van der Waals surface area contributed by atoms with E-state index in [4.69, 9.17) is 14.2 Å². The highest BCUT2D eigenvalue weighted by Gasteiger charge is 2.29. The van der Waals surface area contributed by atoms with Crippen LogP contribution in [-0.2, 0) is 14.8 Å². The summed E-state index contributed by atoms with van der Waals surface area (Å²) in [5, 5.41) is 3.94. The Morgan fingerprint density at radius 3 is 2.29 bits per heavy atom. The maximum absolute atomic E-state index is 13.5. The molecule has 1 amide bonds. The van der Waals surface area contributed by atoms with E-state index in [9.17, 15) is 13.2 Å². The molecule has 0 atom stereocenters. The van der Waals surface area contributed by atoms with E-state index in [0.717, 1.165) is 4.31 Å². The first kappa shape index (κ1) is 24.6. The highest BCUT2D eigenvalue weighted by molar-refractivity contribution is 7.92. The van der Waals surface area contributed by atoms with Gasteiger partial charge in [0.15, 0.2) is 0 Å². The van der Waals surface area contributed by atoms with Gasteiger partial charge < -0.3 is 14.2 Å². The maximum Gasteiger partial charge on any atom is 0.264 e. The van der Waals surface area contributed by atoms with Gasteiger partial charge in [-0.25, -0.2) is 13.8 Å². The number of sulfonamides is 1. The number of benzene rings is 3. The van der Waals surface area contributed by atoms with E-state index in [0.29, 0.717) is 17.1 Å². The van der Waals surface area contributed by atoms with Crippen molar-refractivity contribution in [1.29, 1.82) is 0 Å². The molecule has 3 aromatic carbocycles. The molecule has 1 N–H and O–H groups in total. The largest absolute Gasteiger partial charge is 0.497 e. The Hall–Kier alpha value is -4.05. The summed E-state index contributed by atoms with van der Waals surface area (Å²) < 4.78 is 43.6. The standard InChI is InChI=1S/C24H25N3O6S/c1-31-19-9-7-8-18(14-19)16-25-26-24(28)17-27(34(29,30)21-10-5-4-6-11-21)22-13-12-20(32-2)15-23(22)33-3/h4-16H,17H2,1-3H3,(H,26,28)/b25-16-. The third-order valence-electron chi connectivity index (χ3n) is 4.77. The van der Waals surface area contributed by atoms with Crippen LogP contribution in [0.15, 0.2) is 82.8 Å². The monoisotopic (exact) mass is 483 g/mol. The molecule has 0 saturated carbocycles. The van der Waals surface area contributed by atoms with Gasteiger partial charge in [0.25, 0.3) is 15.9 Å². The van der Waals surface area contributed by atoms with Gasteiger partial charge >= 0.3 is 0 Å². The van der Waals surface area contributed by atoms with Gasteiger partial charge in [0, 0.05) is 6.07 Å². The summed E-state index contributed by atoms with van der Waals surface area (Å²) >= 11 is 0. The van der Waals surface area contributed by atoms with E-state index in [1.54, 1.807) is 61.7 Å². The second-order valence-corrected chi connectivity index (χ2v) is 8.79. The molecule has 0 heterocycles. The van der Waals surface area contributed by atoms with Crippen molar-refractivity contribution in [2.75, 3.05) is 32.2 Å². The SMILES string of the molecule is COc1cccc(/C=N\NC(=O)CN(c2ccc(OC)cc2OC)S(=O)(=O)c2ccccc2)c1. The molecule has 178 valence electrons. The fourth-order valence-corrected chi connectivity index (χ4v) is 4.53. The number of amides is 1. The molecule has 9 nitrogen and oxygen atoms in total. The van der Waals surface area contributed by atoms with Crippen molar-refractivity contribution in [3.63, 3.8) is 0 Å². The smallest absolute Gasteiger partial charge is 0.264 e. The number of hydrazone groups is 1. The summed E-state index contributed by atoms with van der Waals surface area (Å²) in [6, 6.07) is 19.6. The number of methoxy groups -OCH3 is 3. The lowest BCUT2D eigenvalue weighted by Gasteiger charge is -2.25. The van der Waals surface area contributed by atoms with Crippen LogP contribution in [-0.4, -0.2) is 48.4 Å². The molecule has 0 saturated heterocycles. The van der Waals surface area contributed by atoms with Gasteiger partial charge in [-0.1, -0.05) is 30.3 Å². The first-order valence-electron chi connectivity index (χ1n) is 10.1. The molecule has 3 aromatic rings. The molecule has 0 aromatic heterocycles. The second-order valence-electron chi connectivity index (χ2n) is 6.93. The molecule has 0 fully saturated rings. The zero-order chi connectivity index (χ0) is 24.6. The minimum atomic E-state index is -4.10. The van der Waals surface area contributed by atoms with Crippen LogP contribution in [0.25, 0.3) is 0 Å². The maximum atomic E-state index is 13.5. The first-order chi connectivity index (χ1) is 16.4. The average Bonchev–Trinajstić information content (AvgIpc) is 2.87. The van der Waals surface area contributed by atoms with E-state index >= 15 is 0 Å². The highest BCUT2D eigenvalue weighted by Crippen LogP contribution is 2.35. The number of nitrogens with zero attached hydrogens (tertiary/aromatic N) is 2.